The monoisotopic (exact) mass is 393 g/mol. The number of halogens is 2. The maximum Gasteiger partial charge on any atom is 0.264 e. The van der Waals surface area contributed by atoms with E-state index < -0.39 is 22.0 Å². The zero-order valence-electron chi connectivity index (χ0n) is 12.0. The molecule has 0 aliphatic carbocycles. The molecule has 4 N–H and O–H groups in total. The van der Waals surface area contributed by atoms with Crippen molar-refractivity contribution in [2.24, 2.45) is 5.73 Å². The predicted molar refractivity (Wildman–Crippen MR) is 89.1 cm³/mol. The van der Waals surface area contributed by atoms with Crippen LogP contribution in [0.5, 0.6) is 5.75 Å². The van der Waals surface area contributed by atoms with Crippen LogP contribution in [0.4, 0.5) is 11.6 Å². The fraction of sp³-hybridized carbons (Fsp3) is 0.250. The molecule has 0 amide bonds. The lowest BCUT2D eigenvalue weighted by Crippen LogP contribution is -2.41. The van der Waals surface area contributed by atoms with E-state index in [4.69, 9.17) is 33.5 Å². The van der Waals surface area contributed by atoms with Gasteiger partial charge in [0.05, 0.1) is 11.9 Å². The molecule has 130 valence electrons. The highest BCUT2D eigenvalue weighted by molar-refractivity contribution is 7.85. The first kappa shape index (κ1) is 18.6. The summed E-state index contributed by atoms with van der Waals surface area (Å²) in [7, 11) is -4.19. The summed E-state index contributed by atoms with van der Waals surface area (Å²) in [6.45, 7) is 0. The van der Waals surface area contributed by atoms with Crippen molar-refractivity contribution in [2.75, 3.05) is 10.7 Å². The second kappa shape index (κ2) is 7.45. The van der Waals surface area contributed by atoms with Crippen LogP contribution in [0, 0.1) is 0 Å². The third-order valence-electron chi connectivity index (χ3n) is 2.92. The van der Waals surface area contributed by atoms with Crippen molar-refractivity contribution in [3.63, 3.8) is 0 Å². The normalized spacial score (nSPS) is 12.8. The Labute approximate surface area is 147 Å². The Bertz CT molecular complexity index is 798. The van der Waals surface area contributed by atoms with E-state index in [1.807, 2.05) is 0 Å². The largest absolute Gasteiger partial charge is 0.508 e. The second-order valence-corrected chi connectivity index (χ2v) is 6.95. The number of phenolic OH excluding ortho intramolecular Hbond substituents is 1. The summed E-state index contributed by atoms with van der Waals surface area (Å²) in [5.74, 6) is -0.541. The Kier molecular flexibility index (Phi) is 5.78. The number of nitrogens with zero attached hydrogens (tertiary/aromatic N) is 4. The predicted octanol–water partition coefficient (Wildman–Crippen LogP) is 1.58. The number of anilines is 2. The molecule has 0 bridgehead atoms. The van der Waals surface area contributed by atoms with Gasteiger partial charge < -0.3 is 10.8 Å². The lowest BCUT2D eigenvalue weighted by molar-refractivity contribution is 0.475. The molecule has 24 heavy (non-hydrogen) atoms. The molecule has 0 aliphatic heterocycles. The third kappa shape index (κ3) is 5.14. The van der Waals surface area contributed by atoms with E-state index in [0.29, 0.717) is 5.69 Å². The standard InChI is InChI=1S/C12H13Cl2N5O4S/c13-10-16-11(14)18-12(17-10)19(7-1-3-8(20)4-2-7)9(15)5-6-24(21,22)23/h1-4,9,20H,5-6,15H2,(H,21,22,23). The summed E-state index contributed by atoms with van der Waals surface area (Å²) in [4.78, 5) is 12.9. The average Bonchev–Trinajstić information content (AvgIpc) is 2.46. The van der Waals surface area contributed by atoms with Gasteiger partial charge in [0, 0.05) is 5.69 Å². The van der Waals surface area contributed by atoms with Gasteiger partial charge in [-0.3, -0.25) is 9.45 Å². The van der Waals surface area contributed by atoms with Crippen LogP contribution in [0.3, 0.4) is 0 Å². The van der Waals surface area contributed by atoms with Crippen LogP contribution >= 0.6 is 23.2 Å². The number of hydrogen-bond donors (Lipinski definition) is 3. The Morgan fingerprint density at radius 3 is 2.17 bits per heavy atom. The van der Waals surface area contributed by atoms with Gasteiger partial charge in [0.15, 0.2) is 0 Å². The minimum Gasteiger partial charge on any atom is -0.508 e. The van der Waals surface area contributed by atoms with E-state index in [0.717, 1.165) is 0 Å². The molecule has 9 nitrogen and oxygen atoms in total. The molecular weight excluding hydrogens is 381 g/mol. The SMILES string of the molecule is NC(CCS(=O)(=O)O)N(c1ccc(O)cc1)c1nc(Cl)nc(Cl)n1. The Balaban J connectivity index is 2.42. The molecule has 0 fully saturated rings. The van der Waals surface area contributed by atoms with E-state index in [1.54, 1.807) is 0 Å². The van der Waals surface area contributed by atoms with Crippen LogP contribution in [0.25, 0.3) is 0 Å². The zero-order valence-corrected chi connectivity index (χ0v) is 14.4. The molecule has 0 radical (unpaired) electrons. The molecule has 1 unspecified atom stereocenters. The van der Waals surface area contributed by atoms with Crippen molar-refractivity contribution in [1.82, 2.24) is 15.0 Å². The summed E-state index contributed by atoms with van der Waals surface area (Å²) in [6, 6.07) is 5.85. The third-order valence-corrected chi connectivity index (χ3v) is 4.01. The topological polar surface area (TPSA) is 143 Å². The fourth-order valence-corrected chi connectivity index (χ4v) is 2.79. The van der Waals surface area contributed by atoms with Crippen LogP contribution in [0.15, 0.2) is 24.3 Å². The molecule has 2 aromatic rings. The summed E-state index contributed by atoms with van der Waals surface area (Å²) in [5.41, 5.74) is 6.48. The molecule has 1 atom stereocenters. The maximum atomic E-state index is 10.9. The number of aromatic nitrogens is 3. The Morgan fingerprint density at radius 1 is 1.12 bits per heavy atom. The van der Waals surface area contributed by atoms with Gasteiger partial charge in [0.25, 0.3) is 10.1 Å². The van der Waals surface area contributed by atoms with E-state index in [1.165, 1.54) is 29.2 Å². The van der Waals surface area contributed by atoms with Crippen LogP contribution in [-0.2, 0) is 10.1 Å². The first-order chi connectivity index (χ1) is 11.2. The van der Waals surface area contributed by atoms with E-state index >= 15 is 0 Å². The minimum absolute atomic E-state index is 0.00599. The van der Waals surface area contributed by atoms with Gasteiger partial charge in [-0.05, 0) is 53.9 Å². The molecule has 1 heterocycles. The molecular formula is C12H13Cl2N5O4S. The first-order valence-electron chi connectivity index (χ1n) is 6.52. The molecule has 0 spiro atoms. The molecule has 1 aromatic heterocycles. The van der Waals surface area contributed by atoms with E-state index in [2.05, 4.69) is 15.0 Å². The number of phenols is 1. The minimum atomic E-state index is -4.19. The van der Waals surface area contributed by atoms with Gasteiger partial charge in [-0.2, -0.15) is 23.4 Å². The van der Waals surface area contributed by atoms with Gasteiger partial charge >= 0.3 is 0 Å². The maximum absolute atomic E-state index is 10.9. The van der Waals surface area contributed by atoms with Gasteiger partial charge in [0.2, 0.25) is 16.5 Å². The molecule has 0 aliphatic rings. The van der Waals surface area contributed by atoms with Crippen molar-refractivity contribution >= 4 is 45.0 Å². The number of aromatic hydroxyl groups is 1. The van der Waals surface area contributed by atoms with Crippen molar-refractivity contribution < 1.29 is 18.1 Å². The highest BCUT2D eigenvalue weighted by Crippen LogP contribution is 2.27. The molecule has 12 heteroatoms. The Hall–Kier alpha value is -1.72. The van der Waals surface area contributed by atoms with Crippen LogP contribution < -0.4 is 10.6 Å². The van der Waals surface area contributed by atoms with Crippen molar-refractivity contribution in [3.8, 4) is 5.75 Å². The molecule has 1 aromatic carbocycles. The zero-order chi connectivity index (χ0) is 17.9. The van der Waals surface area contributed by atoms with E-state index in [-0.39, 0.29) is 28.7 Å². The summed E-state index contributed by atoms with van der Waals surface area (Å²) in [6.07, 6.45) is -1.05. The summed E-state index contributed by atoms with van der Waals surface area (Å²) >= 11 is 11.5. The number of rotatable bonds is 6. The highest BCUT2D eigenvalue weighted by atomic mass is 35.5. The van der Waals surface area contributed by atoms with Gasteiger partial charge in [-0.25, -0.2) is 0 Å². The number of benzene rings is 1. The quantitative estimate of drug-likeness (QED) is 0.491. The van der Waals surface area contributed by atoms with Crippen LogP contribution in [0.1, 0.15) is 6.42 Å². The number of nitrogens with two attached hydrogens (primary N) is 1. The van der Waals surface area contributed by atoms with Crippen LogP contribution in [-0.4, -0.2) is 44.9 Å². The fourth-order valence-electron chi connectivity index (χ4n) is 1.89. The van der Waals surface area contributed by atoms with Crippen molar-refractivity contribution in [2.45, 2.75) is 12.6 Å². The van der Waals surface area contributed by atoms with Gasteiger partial charge in [-0.1, -0.05) is 0 Å². The Morgan fingerprint density at radius 2 is 1.67 bits per heavy atom. The van der Waals surface area contributed by atoms with E-state index in [9.17, 15) is 13.5 Å². The lowest BCUT2D eigenvalue weighted by atomic mass is 10.2. The van der Waals surface area contributed by atoms with Crippen molar-refractivity contribution in [3.05, 3.63) is 34.8 Å². The average molecular weight is 394 g/mol. The lowest BCUT2D eigenvalue weighted by Gasteiger charge is -2.28. The molecule has 2 rings (SSSR count). The van der Waals surface area contributed by atoms with Crippen molar-refractivity contribution in [1.29, 1.82) is 0 Å². The second-order valence-electron chi connectivity index (χ2n) is 4.70. The smallest absolute Gasteiger partial charge is 0.264 e. The summed E-state index contributed by atoms with van der Waals surface area (Å²) in [5, 5.41) is 9.06. The van der Waals surface area contributed by atoms with Gasteiger partial charge in [-0.15, -0.1) is 0 Å². The molecule has 0 saturated heterocycles. The van der Waals surface area contributed by atoms with Crippen LogP contribution in [0.2, 0.25) is 10.6 Å². The summed E-state index contributed by atoms with van der Waals surface area (Å²) < 4.78 is 30.8. The highest BCUT2D eigenvalue weighted by Gasteiger charge is 2.23. The van der Waals surface area contributed by atoms with Gasteiger partial charge in [0.1, 0.15) is 5.75 Å². The first-order valence-corrected chi connectivity index (χ1v) is 8.88. The molecule has 0 saturated carbocycles. The number of hydrogen-bond acceptors (Lipinski definition) is 8.